The van der Waals surface area contributed by atoms with Gasteiger partial charge in [-0.3, -0.25) is 4.79 Å². The fourth-order valence-electron chi connectivity index (χ4n) is 4.27. The van der Waals surface area contributed by atoms with Crippen LogP contribution in [0.1, 0.15) is 60.7 Å². The lowest BCUT2D eigenvalue weighted by Gasteiger charge is -2.36. The van der Waals surface area contributed by atoms with Gasteiger partial charge in [-0.15, -0.1) is 0 Å². The zero-order valence-corrected chi connectivity index (χ0v) is 21.0. The van der Waals surface area contributed by atoms with Crippen molar-refractivity contribution in [1.29, 1.82) is 0 Å². The van der Waals surface area contributed by atoms with Crippen LogP contribution in [0.25, 0.3) is 0 Å². The molecular formula is C26H29Cl2NO5. The zero-order valence-electron chi connectivity index (χ0n) is 19.5. The molecule has 0 bridgehead atoms. The van der Waals surface area contributed by atoms with Crippen LogP contribution < -0.4 is 5.32 Å². The molecule has 0 aliphatic heterocycles. The molecule has 182 valence electrons. The number of carbonyl (C=O) groups is 3. The molecule has 3 atom stereocenters. The maximum Gasteiger partial charge on any atom is 0.339 e. The SMILES string of the molecule is CC(C)[C@H]1CC[C@@H](C)C[C@H]1OC(=O)c1ccccc1C(=O)OCC(=O)Nc1ccc(Cl)c(Cl)c1. The Labute approximate surface area is 209 Å². The van der Waals surface area contributed by atoms with Crippen molar-refractivity contribution < 1.29 is 23.9 Å². The van der Waals surface area contributed by atoms with E-state index in [1.54, 1.807) is 24.3 Å². The summed E-state index contributed by atoms with van der Waals surface area (Å²) in [7, 11) is 0. The van der Waals surface area contributed by atoms with Crippen LogP contribution in [0.3, 0.4) is 0 Å². The van der Waals surface area contributed by atoms with Crippen molar-refractivity contribution in [2.45, 2.75) is 46.1 Å². The third-order valence-corrected chi connectivity index (χ3v) is 6.86. The Morgan fingerprint density at radius 2 is 1.68 bits per heavy atom. The molecule has 2 aromatic carbocycles. The van der Waals surface area contributed by atoms with Gasteiger partial charge in [0.1, 0.15) is 6.10 Å². The van der Waals surface area contributed by atoms with Gasteiger partial charge in [-0.25, -0.2) is 9.59 Å². The number of nitrogens with one attached hydrogen (secondary N) is 1. The van der Waals surface area contributed by atoms with E-state index in [-0.39, 0.29) is 28.2 Å². The first-order valence-corrected chi connectivity index (χ1v) is 12.1. The van der Waals surface area contributed by atoms with Crippen LogP contribution >= 0.6 is 23.2 Å². The van der Waals surface area contributed by atoms with E-state index in [0.717, 1.165) is 19.3 Å². The normalized spacial score (nSPS) is 20.0. The largest absolute Gasteiger partial charge is 0.458 e. The molecule has 1 aliphatic carbocycles. The van der Waals surface area contributed by atoms with Gasteiger partial charge in [0.15, 0.2) is 6.61 Å². The summed E-state index contributed by atoms with van der Waals surface area (Å²) >= 11 is 11.8. The number of halogens is 2. The molecule has 1 aliphatic rings. The van der Waals surface area contributed by atoms with Gasteiger partial charge in [0, 0.05) is 5.69 Å². The fraction of sp³-hybridized carbons (Fsp3) is 0.423. The van der Waals surface area contributed by atoms with Crippen LogP contribution in [0.4, 0.5) is 5.69 Å². The second kappa shape index (κ2) is 11.7. The van der Waals surface area contributed by atoms with E-state index in [9.17, 15) is 14.4 Å². The van der Waals surface area contributed by atoms with Crippen molar-refractivity contribution in [2.24, 2.45) is 17.8 Å². The summed E-state index contributed by atoms with van der Waals surface area (Å²) in [6.45, 7) is 5.90. The molecule has 6 nitrogen and oxygen atoms in total. The quantitative estimate of drug-likeness (QED) is 0.439. The molecule has 1 amide bonds. The lowest BCUT2D eigenvalue weighted by atomic mass is 9.75. The van der Waals surface area contributed by atoms with E-state index in [2.05, 4.69) is 26.1 Å². The standard InChI is InChI=1S/C26H29Cl2NO5/c1-15(2)18-10-8-16(3)12-23(18)34-26(32)20-7-5-4-6-19(20)25(31)33-14-24(30)29-17-9-11-21(27)22(28)13-17/h4-7,9,11,13,15-16,18,23H,8,10,12,14H2,1-3H3,(H,29,30)/t16-,18-,23-/m1/s1. The average molecular weight is 506 g/mol. The first kappa shape index (κ1) is 26.0. The highest BCUT2D eigenvalue weighted by Gasteiger charge is 2.34. The monoisotopic (exact) mass is 505 g/mol. The summed E-state index contributed by atoms with van der Waals surface area (Å²) in [6.07, 6.45) is 2.73. The van der Waals surface area contributed by atoms with Crippen LogP contribution in [-0.2, 0) is 14.3 Å². The lowest BCUT2D eigenvalue weighted by Crippen LogP contribution is -2.36. The lowest BCUT2D eigenvalue weighted by molar-refractivity contribution is -0.119. The molecule has 34 heavy (non-hydrogen) atoms. The molecule has 0 heterocycles. The van der Waals surface area contributed by atoms with Crippen LogP contribution in [0.15, 0.2) is 42.5 Å². The van der Waals surface area contributed by atoms with Gasteiger partial charge in [-0.05, 0) is 60.9 Å². The third-order valence-electron chi connectivity index (χ3n) is 6.12. The molecule has 8 heteroatoms. The molecule has 1 saturated carbocycles. The molecule has 2 aromatic rings. The Bertz CT molecular complexity index is 1060. The number of hydrogen-bond donors (Lipinski definition) is 1. The number of amides is 1. The van der Waals surface area contributed by atoms with Crippen LogP contribution in [0.2, 0.25) is 10.0 Å². The summed E-state index contributed by atoms with van der Waals surface area (Å²) in [5.41, 5.74) is 0.596. The summed E-state index contributed by atoms with van der Waals surface area (Å²) in [5.74, 6) is -0.750. The van der Waals surface area contributed by atoms with Gasteiger partial charge in [-0.1, -0.05) is 62.5 Å². The number of esters is 2. The minimum Gasteiger partial charge on any atom is -0.458 e. The smallest absolute Gasteiger partial charge is 0.339 e. The molecule has 0 aromatic heterocycles. The second-order valence-corrected chi connectivity index (χ2v) is 9.88. The van der Waals surface area contributed by atoms with Gasteiger partial charge in [0.05, 0.1) is 21.2 Å². The molecule has 0 saturated heterocycles. The zero-order chi connectivity index (χ0) is 24.8. The first-order chi connectivity index (χ1) is 16.2. The molecule has 1 N–H and O–H groups in total. The van der Waals surface area contributed by atoms with E-state index < -0.39 is 24.5 Å². The Morgan fingerprint density at radius 3 is 2.32 bits per heavy atom. The maximum absolute atomic E-state index is 13.0. The number of carbonyl (C=O) groups excluding carboxylic acids is 3. The molecular weight excluding hydrogens is 477 g/mol. The van der Waals surface area contributed by atoms with E-state index >= 15 is 0 Å². The van der Waals surface area contributed by atoms with Gasteiger partial charge in [0.2, 0.25) is 0 Å². The molecule has 0 radical (unpaired) electrons. The van der Waals surface area contributed by atoms with Gasteiger partial charge >= 0.3 is 11.9 Å². The predicted molar refractivity (Wildman–Crippen MR) is 132 cm³/mol. The number of rotatable bonds is 7. The number of anilines is 1. The number of ether oxygens (including phenoxy) is 2. The van der Waals surface area contributed by atoms with Crippen LogP contribution in [0, 0.1) is 17.8 Å². The predicted octanol–water partition coefficient (Wildman–Crippen LogP) is 6.41. The first-order valence-electron chi connectivity index (χ1n) is 11.4. The Kier molecular flexibility index (Phi) is 8.97. The van der Waals surface area contributed by atoms with E-state index in [4.69, 9.17) is 32.7 Å². The highest BCUT2D eigenvalue weighted by atomic mass is 35.5. The fourth-order valence-corrected chi connectivity index (χ4v) is 4.57. The summed E-state index contributed by atoms with van der Waals surface area (Å²) in [5, 5.41) is 3.22. The highest BCUT2D eigenvalue weighted by molar-refractivity contribution is 6.42. The molecule has 3 rings (SSSR count). The topological polar surface area (TPSA) is 81.7 Å². The minimum atomic E-state index is -0.783. The van der Waals surface area contributed by atoms with E-state index in [0.29, 0.717) is 22.5 Å². The molecule has 1 fully saturated rings. The average Bonchev–Trinajstić information content (AvgIpc) is 2.79. The minimum absolute atomic E-state index is 0.0554. The Morgan fingerprint density at radius 1 is 1.00 bits per heavy atom. The van der Waals surface area contributed by atoms with Gasteiger partial charge in [0.25, 0.3) is 5.91 Å². The number of benzene rings is 2. The highest BCUT2D eigenvalue weighted by Crippen LogP contribution is 2.36. The van der Waals surface area contributed by atoms with Crippen LogP contribution in [0.5, 0.6) is 0 Å². The second-order valence-electron chi connectivity index (χ2n) is 9.07. The van der Waals surface area contributed by atoms with Gasteiger partial charge in [-0.2, -0.15) is 0 Å². The van der Waals surface area contributed by atoms with E-state index in [1.807, 2.05) is 0 Å². The van der Waals surface area contributed by atoms with Crippen molar-refractivity contribution in [3.05, 3.63) is 63.6 Å². The summed E-state index contributed by atoms with van der Waals surface area (Å²) < 4.78 is 11.0. The van der Waals surface area contributed by atoms with Crippen molar-refractivity contribution in [2.75, 3.05) is 11.9 Å². The Hall–Kier alpha value is -2.57. The van der Waals surface area contributed by atoms with Crippen molar-refractivity contribution in [1.82, 2.24) is 0 Å². The van der Waals surface area contributed by atoms with Crippen molar-refractivity contribution >= 4 is 46.7 Å². The van der Waals surface area contributed by atoms with Crippen molar-refractivity contribution in [3.63, 3.8) is 0 Å². The maximum atomic E-state index is 13.0. The third kappa shape index (κ3) is 6.73. The summed E-state index contributed by atoms with van der Waals surface area (Å²) in [6, 6.07) is 10.9. The van der Waals surface area contributed by atoms with E-state index in [1.165, 1.54) is 18.2 Å². The number of hydrogen-bond acceptors (Lipinski definition) is 5. The summed E-state index contributed by atoms with van der Waals surface area (Å²) in [4.78, 5) is 37.9. The molecule has 0 spiro atoms. The van der Waals surface area contributed by atoms with Crippen LogP contribution in [-0.4, -0.2) is 30.6 Å². The van der Waals surface area contributed by atoms with Crippen molar-refractivity contribution in [3.8, 4) is 0 Å². The van der Waals surface area contributed by atoms with Gasteiger partial charge < -0.3 is 14.8 Å². The molecule has 0 unspecified atom stereocenters. The Balaban J connectivity index is 1.64.